The van der Waals surface area contributed by atoms with E-state index < -0.39 is 0 Å². The largest absolute Gasteiger partial charge is 0.0579 e. The minimum atomic E-state index is 0. The van der Waals surface area contributed by atoms with Gasteiger partial charge in [-0.05, 0) is 74.5 Å². The van der Waals surface area contributed by atoms with Crippen LogP contribution in [0.5, 0.6) is 0 Å². The second kappa shape index (κ2) is 9.72. The van der Waals surface area contributed by atoms with E-state index in [1.807, 2.05) is 44.9 Å². The van der Waals surface area contributed by atoms with Crippen LogP contribution < -0.4 is 0 Å². The summed E-state index contributed by atoms with van der Waals surface area (Å²) in [6.07, 6.45) is 14.0. The predicted octanol–water partition coefficient (Wildman–Crippen LogP) is 4.40. The third-order valence-corrected chi connectivity index (χ3v) is 3.59. The molecule has 18 heavy (non-hydrogen) atoms. The smallest absolute Gasteiger partial charge is 0 e. The summed E-state index contributed by atoms with van der Waals surface area (Å²) in [5, 5.41) is 0. The summed E-state index contributed by atoms with van der Waals surface area (Å²) in [7, 11) is 0. The minimum absolute atomic E-state index is 0. The average Bonchev–Trinajstić information content (AvgIpc) is 2.65. The van der Waals surface area contributed by atoms with Crippen molar-refractivity contribution in [3.63, 3.8) is 0 Å². The van der Waals surface area contributed by atoms with Gasteiger partial charge in [-0.2, -0.15) is 0 Å². The van der Waals surface area contributed by atoms with E-state index in [0.29, 0.717) is 0 Å². The van der Waals surface area contributed by atoms with Crippen LogP contribution in [-0.4, -0.2) is 0 Å². The molecule has 0 atom stereocenters. The second-order valence-electron chi connectivity index (χ2n) is 4.47. The third kappa shape index (κ3) is 5.47. The van der Waals surface area contributed by atoms with E-state index in [2.05, 4.69) is 34.6 Å². The van der Waals surface area contributed by atoms with Gasteiger partial charge in [0.25, 0.3) is 0 Å². The molecule has 2 aliphatic carbocycles. The maximum Gasteiger partial charge on any atom is 0 e. The van der Waals surface area contributed by atoms with E-state index in [1.54, 1.807) is 0 Å². The van der Waals surface area contributed by atoms with Crippen molar-refractivity contribution in [1.29, 1.82) is 0 Å². The van der Waals surface area contributed by atoms with Gasteiger partial charge in [0.05, 0.1) is 0 Å². The van der Waals surface area contributed by atoms with E-state index in [9.17, 15) is 0 Å². The molecule has 2 fully saturated rings. The Balaban J connectivity index is 0.000000321. The van der Waals surface area contributed by atoms with Gasteiger partial charge in [0.1, 0.15) is 0 Å². The van der Waals surface area contributed by atoms with Crippen LogP contribution in [0.15, 0.2) is 0 Å². The first-order valence-electron chi connectivity index (χ1n) is 6.08. The monoisotopic (exact) mass is 406 g/mol. The molecule has 0 aromatic rings. The summed E-state index contributed by atoms with van der Waals surface area (Å²) in [5.74, 6) is 7.34. The molecule has 0 amide bonds. The SMILES string of the molecule is C[C]1[C](C)[C](C)[C](C)[C]1C.[CH]1[CH][CH][CH][CH][CH][CH]1.[Hf]. The molecule has 0 aliphatic heterocycles. The topological polar surface area (TPSA) is 0 Å². The molecule has 2 rings (SSSR count). The van der Waals surface area contributed by atoms with Crippen LogP contribution in [0.1, 0.15) is 34.6 Å². The molecule has 0 heterocycles. The minimum Gasteiger partial charge on any atom is -0.0579 e. The van der Waals surface area contributed by atoms with Crippen LogP contribution in [0.4, 0.5) is 0 Å². The Hall–Kier alpha value is 0.870. The van der Waals surface area contributed by atoms with Crippen LogP contribution in [0.3, 0.4) is 0 Å². The van der Waals surface area contributed by atoms with Crippen molar-refractivity contribution in [2.45, 2.75) is 34.6 Å². The van der Waals surface area contributed by atoms with Crippen molar-refractivity contribution in [3.05, 3.63) is 74.5 Å². The summed E-state index contributed by atoms with van der Waals surface area (Å²) >= 11 is 0. The molecule has 0 aromatic heterocycles. The standard InChI is InChI=1S/C10H15.C7H7.Hf/c1-6-7(2)9(4)10(5)8(6)3;1-2-4-6-7-5-3-1;/h1-5H3;1-7H;. The Morgan fingerprint density at radius 1 is 0.389 bits per heavy atom. The van der Waals surface area contributed by atoms with Crippen molar-refractivity contribution in [2.75, 3.05) is 0 Å². The van der Waals surface area contributed by atoms with Crippen LogP contribution in [0, 0.1) is 74.5 Å². The van der Waals surface area contributed by atoms with E-state index >= 15 is 0 Å². The van der Waals surface area contributed by atoms with Gasteiger partial charge in [0, 0.05) is 25.8 Å². The van der Waals surface area contributed by atoms with Crippen molar-refractivity contribution in [3.8, 4) is 0 Å². The fraction of sp³-hybridized carbons (Fsp3) is 0.294. The molecular formula is C17H22Hf. The Morgan fingerprint density at radius 2 is 0.500 bits per heavy atom. The fourth-order valence-electron chi connectivity index (χ4n) is 1.86. The summed E-state index contributed by atoms with van der Waals surface area (Å²) < 4.78 is 0. The van der Waals surface area contributed by atoms with Crippen LogP contribution in [-0.2, 0) is 25.8 Å². The zero-order chi connectivity index (χ0) is 12.8. The Kier molecular flexibility index (Phi) is 10.2. The molecule has 0 N–H and O–H groups in total. The maximum atomic E-state index is 2.20. The Labute approximate surface area is 134 Å². The van der Waals surface area contributed by atoms with Crippen LogP contribution in [0.25, 0.3) is 0 Å². The van der Waals surface area contributed by atoms with Gasteiger partial charge in [-0.3, -0.25) is 0 Å². The summed E-state index contributed by atoms with van der Waals surface area (Å²) in [5.41, 5.74) is 0. The fourth-order valence-corrected chi connectivity index (χ4v) is 1.86. The van der Waals surface area contributed by atoms with Crippen molar-refractivity contribution in [2.24, 2.45) is 0 Å². The number of hydrogen-bond donors (Lipinski definition) is 0. The van der Waals surface area contributed by atoms with Gasteiger partial charge in [0.15, 0.2) is 0 Å². The van der Waals surface area contributed by atoms with Gasteiger partial charge in [0.2, 0.25) is 0 Å². The molecular weight excluding hydrogens is 383 g/mol. The van der Waals surface area contributed by atoms with Crippen molar-refractivity contribution < 1.29 is 25.8 Å². The average molecular weight is 405 g/mol. The molecule has 0 aromatic carbocycles. The van der Waals surface area contributed by atoms with E-state index in [4.69, 9.17) is 0 Å². The first-order valence-corrected chi connectivity index (χ1v) is 6.08. The summed E-state index contributed by atoms with van der Waals surface area (Å²) in [6, 6.07) is 0. The molecule has 1 heteroatoms. The first kappa shape index (κ1) is 18.9. The van der Waals surface area contributed by atoms with Gasteiger partial charge in [-0.25, -0.2) is 0 Å². The summed E-state index contributed by atoms with van der Waals surface area (Å²) in [4.78, 5) is 0. The van der Waals surface area contributed by atoms with Gasteiger partial charge < -0.3 is 0 Å². The van der Waals surface area contributed by atoms with Gasteiger partial charge >= 0.3 is 0 Å². The van der Waals surface area contributed by atoms with Crippen LogP contribution in [0.2, 0.25) is 0 Å². The third-order valence-electron chi connectivity index (χ3n) is 3.59. The Bertz CT molecular complexity index is 137. The molecule has 0 bridgehead atoms. The molecule has 0 unspecified atom stereocenters. The van der Waals surface area contributed by atoms with E-state index in [0.717, 1.165) is 0 Å². The van der Waals surface area contributed by atoms with E-state index in [-0.39, 0.29) is 25.8 Å². The molecule has 12 radical (unpaired) electrons. The zero-order valence-corrected chi connectivity index (χ0v) is 15.6. The molecule has 2 saturated carbocycles. The molecule has 0 saturated heterocycles. The van der Waals surface area contributed by atoms with E-state index in [1.165, 1.54) is 29.6 Å². The number of rotatable bonds is 0. The second-order valence-corrected chi connectivity index (χ2v) is 4.47. The van der Waals surface area contributed by atoms with Gasteiger partial charge in [-0.15, -0.1) is 0 Å². The quantitative estimate of drug-likeness (QED) is 0.414. The Morgan fingerprint density at radius 3 is 0.611 bits per heavy atom. The molecule has 2 aliphatic rings. The van der Waals surface area contributed by atoms with Gasteiger partial charge in [-0.1, -0.05) is 34.6 Å². The summed E-state index contributed by atoms with van der Waals surface area (Å²) in [6.45, 7) is 11.0. The maximum absolute atomic E-state index is 2.20. The number of hydrogen-bond acceptors (Lipinski definition) is 0. The molecule has 0 spiro atoms. The van der Waals surface area contributed by atoms with Crippen LogP contribution >= 0.6 is 0 Å². The first-order chi connectivity index (χ1) is 8.05. The van der Waals surface area contributed by atoms with Crippen molar-refractivity contribution in [1.82, 2.24) is 0 Å². The van der Waals surface area contributed by atoms with Crippen molar-refractivity contribution >= 4 is 0 Å². The molecule has 94 valence electrons. The normalized spacial score (nSPS) is 25.2. The predicted molar refractivity (Wildman–Crippen MR) is 74.7 cm³/mol. The zero-order valence-electron chi connectivity index (χ0n) is 12.0. The molecule has 0 nitrogen and oxygen atoms in total.